The zero-order valence-corrected chi connectivity index (χ0v) is 13.2. The quantitative estimate of drug-likeness (QED) is 0.577. The van der Waals surface area contributed by atoms with Crippen LogP contribution in [0.5, 0.6) is 0 Å². The number of sulfonamides is 1. The van der Waals surface area contributed by atoms with Gasteiger partial charge in [0.05, 0.1) is 12.3 Å². The van der Waals surface area contributed by atoms with E-state index < -0.39 is 10.0 Å². The second-order valence-electron chi connectivity index (χ2n) is 5.51. The molecule has 1 amide bonds. The van der Waals surface area contributed by atoms with Crippen LogP contribution in [-0.2, 0) is 14.8 Å². The van der Waals surface area contributed by atoms with Crippen molar-refractivity contribution in [1.29, 1.82) is 0 Å². The van der Waals surface area contributed by atoms with Gasteiger partial charge in [-0.05, 0) is 25.8 Å². The molecule has 0 aromatic carbocycles. The van der Waals surface area contributed by atoms with E-state index in [1.54, 1.807) is 19.0 Å². The molecule has 3 N–H and O–H groups in total. The van der Waals surface area contributed by atoms with Gasteiger partial charge in [-0.3, -0.25) is 9.69 Å². The number of carbonyl (C=O) groups is 1. The van der Waals surface area contributed by atoms with Gasteiger partial charge in [0, 0.05) is 33.2 Å². The maximum Gasteiger partial charge on any atom is 0.236 e. The molecule has 8 heteroatoms. The molecule has 1 fully saturated rings. The van der Waals surface area contributed by atoms with Crippen LogP contribution in [0.25, 0.3) is 0 Å². The van der Waals surface area contributed by atoms with Gasteiger partial charge in [-0.1, -0.05) is 0 Å². The first-order valence-corrected chi connectivity index (χ1v) is 8.66. The Morgan fingerprint density at radius 3 is 2.45 bits per heavy atom. The van der Waals surface area contributed by atoms with Crippen molar-refractivity contribution in [3.05, 3.63) is 0 Å². The predicted octanol–water partition coefficient (Wildman–Crippen LogP) is -1.19. The molecule has 1 saturated heterocycles. The Balaban J connectivity index is 2.14. The van der Waals surface area contributed by atoms with Gasteiger partial charge >= 0.3 is 0 Å². The van der Waals surface area contributed by atoms with E-state index >= 15 is 0 Å². The molecule has 7 nitrogen and oxygen atoms in total. The highest BCUT2D eigenvalue weighted by molar-refractivity contribution is 7.89. The first kappa shape index (κ1) is 17.4. The highest BCUT2D eigenvalue weighted by atomic mass is 32.2. The van der Waals surface area contributed by atoms with Crippen molar-refractivity contribution in [3.63, 3.8) is 0 Å². The van der Waals surface area contributed by atoms with Crippen LogP contribution < -0.4 is 10.5 Å². The Hall–Kier alpha value is -0.700. The van der Waals surface area contributed by atoms with Gasteiger partial charge in [-0.2, -0.15) is 0 Å². The summed E-state index contributed by atoms with van der Waals surface area (Å²) in [7, 11) is 0.184. The van der Waals surface area contributed by atoms with Crippen LogP contribution in [-0.4, -0.2) is 76.2 Å². The number of primary sulfonamides is 1. The van der Waals surface area contributed by atoms with E-state index in [0.29, 0.717) is 25.6 Å². The van der Waals surface area contributed by atoms with Gasteiger partial charge in [0.15, 0.2) is 0 Å². The van der Waals surface area contributed by atoms with E-state index in [-0.39, 0.29) is 11.7 Å². The van der Waals surface area contributed by atoms with Crippen molar-refractivity contribution in [3.8, 4) is 0 Å². The van der Waals surface area contributed by atoms with E-state index in [1.807, 2.05) is 0 Å². The van der Waals surface area contributed by atoms with Crippen LogP contribution in [0, 0.1) is 0 Å². The molecule has 0 aliphatic carbocycles. The molecular weight excluding hydrogens is 280 g/mol. The molecule has 0 atom stereocenters. The number of likely N-dealkylation sites (tertiary alicyclic amines) is 1. The van der Waals surface area contributed by atoms with Crippen LogP contribution in [0.4, 0.5) is 0 Å². The predicted molar refractivity (Wildman–Crippen MR) is 78.7 cm³/mol. The summed E-state index contributed by atoms with van der Waals surface area (Å²) in [5.74, 6) is 0.153. The number of nitrogens with two attached hydrogens (primary N) is 1. The number of nitrogens with zero attached hydrogens (tertiary/aromatic N) is 2. The van der Waals surface area contributed by atoms with Crippen molar-refractivity contribution < 1.29 is 13.2 Å². The summed E-state index contributed by atoms with van der Waals surface area (Å²) >= 11 is 0. The molecule has 0 bridgehead atoms. The number of hydrogen-bond acceptors (Lipinski definition) is 5. The number of carbonyl (C=O) groups excluding carboxylic acids is 1. The summed E-state index contributed by atoms with van der Waals surface area (Å²) in [6.07, 6.45) is 2.50. The summed E-state index contributed by atoms with van der Waals surface area (Å²) in [6.45, 7) is 2.93. The molecular formula is C12H26N4O3S. The third-order valence-corrected chi connectivity index (χ3v) is 4.34. The average Bonchev–Trinajstić information content (AvgIpc) is 2.35. The lowest BCUT2D eigenvalue weighted by atomic mass is 10.0. The fourth-order valence-corrected chi connectivity index (χ4v) is 2.75. The molecule has 1 rings (SSSR count). The zero-order chi connectivity index (χ0) is 15.2. The summed E-state index contributed by atoms with van der Waals surface area (Å²) in [5, 5.41) is 8.29. The minimum Gasteiger partial charge on any atom is -0.348 e. The van der Waals surface area contributed by atoms with E-state index in [9.17, 15) is 13.2 Å². The van der Waals surface area contributed by atoms with Crippen molar-refractivity contribution in [2.24, 2.45) is 5.14 Å². The maximum atomic E-state index is 11.6. The zero-order valence-electron chi connectivity index (χ0n) is 12.3. The molecule has 20 heavy (non-hydrogen) atoms. The minimum atomic E-state index is -3.35. The third-order valence-electron chi connectivity index (χ3n) is 3.48. The number of nitrogens with one attached hydrogen (secondary N) is 1. The van der Waals surface area contributed by atoms with Crippen molar-refractivity contribution in [2.45, 2.75) is 25.3 Å². The van der Waals surface area contributed by atoms with Gasteiger partial charge in [-0.25, -0.2) is 13.6 Å². The van der Waals surface area contributed by atoms with Gasteiger partial charge < -0.3 is 10.2 Å². The topological polar surface area (TPSA) is 95.7 Å². The van der Waals surface area contributed by atoms with Gasteiger partial charge in [0.1, 0.15) is 0 Å². The Labute approximate surface area is 121 Å². The number of piperidine rings is 1. The first-order chi connectivity index (χ1) is 9.28. The second kappa shape index (κ2) is 7.92. The Morgan fingerprint density at radius 2 is 1.95 bits per heavy atom. The van der Waals surface area contributed by atoms with Gasteiger partial charge in [-0.15, -0.1) is 0 Å². The Bertz CT molecular complexity index is 403. The molecule has 118 valence electrons. The van der Waals surface area contributed by atoms with Crippen LogP contribution in [0.15, 0.2) is 0 Å². The van der Waals surface area contributed by atoms with E-state index in [0.717, 1.165) is 25.9 Å². The second-order valence-corrected chi connectivity index (χ2v) is 7.25. The van der Waals surface area contributed by atoms with Crippen molar-refractivity contribution in [1.82, 2.24) is 15.1 Å². The van der Waals surface area contributed by atoms with Crippen LogP contribution in [0.3, 0.4) is 0 Å². The largest absolute Gasteiger partial charge is 0.348 e. The molecule has 1 heterocycles. The van der Waals surface area contributed by atoms with Crippen LogP contribution >= 0.6 is 0 Å². The highest BCUT2D eigenvalue weighted by Crippen LogP contribution is 2.10. The summed E-state index contributed by atoms with van der Waals surface area (Å²) in [4.78, 5) is 15.4. The van der Waals surface area contributed by atoms with E-state index in [4.69, 9.17) is 5.14 Å². The Kier molecular flexibility index (Phi) is 6.87. The number of rotatable bonds is 7. The third kappa shape index (κ3) is 7.18. The summed E-state index contributed by atoms with van der Waals surface area (Å²) in [5.41, 5.74) is 0. The van der Waals surface area contributed by atoms with Crippen molar-refractivity contribution in [2.75, 3.05) is 46.0 Å². The molecule has 1 aliphatic heterocycles. The lowest BCUT2D eigenvalue weighted by molar-refractivity contribution is -0.130. The lowest BCUT2D eigenvalue weighted by Crippen LogP contribution is -2.46. The molecule has 1 aliphatic rings. The molecule has 0 spiro atoms. The average molecular weight is 306 g/mol. The van der Waals surface area contributed by atoms with E-state index in [1.165, 1.54) is 0 Å². The number of hydrogen-bond donors (Lipinski definition) is 2. The molecule has 0 radical (unpaired) electrons. The normalized spacial score (nSPS) is 18.1. The molecule has 0 saturated carbocycles. The van der Waals surface area contributed by atoms with Gasteiger partial charge in [0.25, 0.3) is 0 Å². The van der Waals surface area contributed by atoms with Crippen LogP contribution in [0.2, 0.25) is 0 Å². The Morgan fingerprint density at radius 1 is 1.35 bits per heavy atom. The fraction of sp³-hybridized carbons (Fsp3) is 0.917. The van der Waals surface area contributed by atoms with Gasteiger partial charge in [0.2, 0.25) is 15.9 Å². The SMILES string of the molecule is CN(C)C(=O)CN1CCC(NCCCS(N)(=O)=O)CC1. The standard InChI is InChI=1S/C12H26N4O3S/c1-15(2)12(17)10-16-7-4-11(5-8-16)14-6-3-9-20(13,18)19/h11,14H,3-10H2,1-2H3,(H2,13,18,19). The molecule has 0 aromatic heterocycles. The minimum absolute atomic E-state index is 0.0240. The summed E-state index contributed by atoms with van der Waals surface area (Å²) < 4.78 is 21.6. The maximum absolute atomic E-state index is 11.6. The van der Waals surface area contributed by atoms with E-state index in [2.05, 4.69) is 10.2 Å². The van der Waals surface area contributed by atoms with Crippen LogP contribution in [0.1, 0.15) is 19.3 Å². The van der Waals surface area contributed by atoms with Crippen molar-refractivity contribution >= 4 is 15.9 Å². The first-order valence-electron chi connectivity index (χ1n) is 6.94. The lowest BCUT2D eigenvalue weighted by Gasteiger charge is -2.32. The number of likely N-dealkylation sites (N-methyl/N-ethyl adjacent to an activating group) is 1. The number of amides is 1. The molecule has 0 aromatic rings. The fourth-order valence-electron chi connectivity index (χ4n) is 2.21. The summed E-state index contributed by atoms with van der Waals surface area (Å²) in [6, 6.07) is 0.404. The monoisotopic (exact) mass is 306 g/mol. The molecule has 0 unspecified atom stereocenters. The smallest absolute Gasteiger partial charge is 0.236 e. The highest BCUT2D eigenvalue weighted by Gasteiger charge is 2.20.